The van der Waals surface area contributed by atoms with Crippen LogP contribution in [0.15, 0.2) is 56.8 Å². The monoisotopic (exact) mass is 379 g/mol. The molecule has 6 nitrogen and oxygen atoms in total. The summed E-state index contributed by atoms with van der Waals surface area (Å²) in [5.41, 5.74) is 9.00. The average Bonchev–Trinajstić information content (AvgIpc) is 2.98. The van der Waals surface area contributed by atoms with E-state index < -0.39 is 5.91 Å². The van der Waals surface area contributed by atoms with Crippen molar-refractivity contribution in [2.45, 2.75) is 19.0 Å². The summed E-state index contributed by atoms with van der Waals surface area (Å²) in [6.07, 6.45) is 0. The molecule has 7 heteroatoms. The minimum atomic E-state index is -0.474. The van der Waals surface area contributed by atoms with E-state index in [1.807, 2.05) is 50.2 Å². The van der Waals surface area contributed by atoms with E-state index >= 15 is 0 Å². The van der Waals surface area contributed by atoms with Gasteiger partial charge in [-0.15, -0.1) is 0 Å². The van der Waals surface area contributed by atoms with Crippen molar-refractivity contribution in [1.82, 2.24) is 9.55 Å². The number of aromatic nitrogens is 2. The predicted octanol–water partition coefficient (Wildman–Crippen LogP) is 3.33. The van der Waals surface area contributed by atoms with Crippen LogP contribution in [-0.4, -0.2) is 21.2 Å². The average molecular weight is 379 g/mol. The number of thioether (sulfide) groups is 1. The van der Waals surface area contributed by atoms with Crippen LogP contribution in [0.2, 0.25) is 0 Å². The lowest BCUT2D eigenvalue weighted by atomic mass is 10.1. The number of carbonyl (C=O) groups is 1. The maximum atomic E-state index is 13.3. The Labute approximate surface area is 159 Å². The van der Waals surface area contributed by atoms with Gasteiger partial charge in [0.2, 0.25) is 11.5 Å². The van der Waals surface area contributed by atoms with Gasteiger partial charge in [0, 0.05) is 5.39 Å². The van der Waals surface area contributed by atoms with Crippen molar-refractivity contribution in [3.05, 3.63) is 63.9 Å². The molecule has 27 heavy (non-hydrogen) atoms. The third kappa shape index (κ3) is 3.10. The lowest BCUT2D eigenvalue weighted by Gasteiger charge is -2.12. The molecule has 1 amide bonds. The summed E-state index contributed by atoms with van der Waals surface area (Å²) in [6.45, 7) is 3.93. The molecule has 4 rings (SSSR count). The Hall–Kier alpha value is -3.06. The fourth-order valence-electron chi connectivity index (χ4n) is 3.16. The van der Waals surface area contributed by atoms with Crippen molar-refractivity contribution >= 4 is 39.7 Å². The van der Waals surface area contributed by atoms with Crippen LogP contribution in [-0.2, 0) is 4.79 Å². The molecule has 0 radical (unpaired) electrons. The maximum Gasteiger partial charge on any atom is 0.302 e. The zero-order valence-electron chi connectivity index (χ0n) is 14.9. The number of carbonyl (C=O) groups excluding carboxylic acids is 1. The number of primary amides is 1. The molecule has 2 aromatic carbocycles. The highest BCUT2D eigenvalue weighted by Gasteiger charge is 2.19. The van der Waals surface area contributed by atoms with Gasteiger partial charge >= 0.3 is 5.56 Å². The summed E-state index contributed by atoms with van der Waals surface area (Å²) in [4.78, 5) is 29.2. The standard InChI is InChI=1S/C20H17N3O3S/c1-11-7-12(2)9-13(8-11)23-19(25)18-17(22-20(23)27-10-16(21)24)14-5-3-4-6-15(14)26-18/h3-9H,10H2,1-2H3,(H2,21,24). The van der Waals surface area contributed by atoms with Gasteiger partial charge in [0.15, 0.2) is 5.16 Å². The predicted molar refractivity (Wildman–Crippen MR) is 107 cm³/mol. The molecule has 0 saturated heterocycles. The number of hydrogen-bond donors (Lipinski definition) is 1. The molecular weight excluding hydrogens is 362 g/mol. The van der Waals surface area contributed by atoms with Gasteiger partial charge in [-0.2, -0.15) is 0 Å². The Bertz CT molecular complexity index is 1240. The first-order chi connectivity index (χ1) is 12.9. The first-order valence-corrected chi connectivity index (χ1v) is 9.36. The van der Waals surface area contributed by atoms with Gasteiger partial charge in [-0.3, -0.25) is 14.2 Å². The van der Waals surface area contributed by atoms with Gasteiger partial charge in [0.1, 0.15) is 11.1 Å². The molecule has 136 valence electrons. The van der Waals surface area contributed by atoms with Crippen LogP contribution >= 0.6 is 11.8 Å². The highest BCUT2D eigenvalue weighted by molar-refractivity contribution is 7.99. The Balaban J connectivity index is 2.06. The lowest BCUT2D eigenvalue weighted by Crippen LogP contribution is -2.22. The molecule has 0 aliphatic carbocycles. The molecule has 2 N–H and O–H groups in total. The zero-order chi connectivity index (χ0) is 19.1. The third-order valence-corrected chi connectivity index (χ3v) is 5.13. The van der Waals surface area contributed by atoms with Gasteiger partial charge in [-0.25, -0.2) is 4.98 Å². The fourth-order valence-corrected chi connectivity index (χ4v) is 3.91. The fraction of sp³-hybridized carbons (Fsp3) is 0.150. The van der Waals surface area contributed by atoms with Gasteiger partial charge in [0.25, 0.3) is 0 Å². The molecule has 0 fully saturated rings. The minimum Gasteiger partial charge on any atom is -0.448 e. The molecule has 0 aliphatic heterocycles. The van der Waals surface area contributed by atoms with E-state index in [9.17, 15) is 9.59 Å². The highest BCUT2D eigenvalue weighted by Crippen LogP contribution is 2.28. The van der Waals surface area contributed by atoms with Gasteiger partial charge in [-0.05, 0) is 49.2 Å². The minimum absolute atomic E-state index is 0.0263. The highest BCUT2D eigenvalue weighted by atomic mass is 32.2. The van der Waals surface area contributed by atoms with E-state index in [2.05, 4.69) is 4.98 Å². The van der Waals surface area contributed by atoms with Crippen LogP contribution in [0.5, 0.6) is 0 Å². The topological polar surface area (TPSA) is 91.1 Å². The number of nitrogens with zero attached hydrogens (tertiary/aromatic N) is 2. The summed E-state index contributed by atoms with van der Waals surface area (Å²) in [5.74, 6) is -0.447. The SMILES string of the molecule is Cc1cc(C)cc(-n2c(SCC(N)=O)nc3c(oc4ccccc43)c2=O)c1. The number of para-hydroxylation sites is 1. The smallest absolute Gasteiger partial charge is 0.302 e. The van der Waals surface area contributed by atoms with Crippen molar-refractivity contribution in [2.24, 2.45) is 5.73 Å². The Morgan fingerprint density at radius 3 is 2.59 bits per heavy atom. The van der Waals surface area contributed by atoms with Crippen molar-refractivity contribution in [3.8, 4) is 5.69 Å². The van der Waals surface area contributed by atoms with E-state index in [0.29, 0.717) is 21.9 Å². The maximum absolute atomic E-state index is 13.3. The summed E-state index contributed by atoms with van der Waals surface area (Å²) < 4.78 is 7.27. The molecular formula is C20H17N3O3S. The van der Waals surface area contributed by atoms with E-state index in [1.54, 1.807) is 6.07 Å². The van der Waals surface area contributed by atoms with E-state index in [1.165, 1.54) is 4.57 Å². The van der Waals surface area contributed by atoms with Gasteiger partial charge < -0.3 is 10.2 Å². The van der Waals surface area contributed by atoms with E-state index in [4.69, 9.17) is 10.2 Å². The number of nitrogens with two attached hydrogens (primary N) is 1. The molecule has 0 saturated carbocycles. The normalized spacial score (nSPS) is 11.3. The molecule has 2 aromatic heterocycles. The summed E-state index contributed by atoms with van der Waals surface area (Å²) >= 11 is 1.14. The summed E-state index contributed by atoms with van der Waals surface area (Å²) in [7, 11) is 0. The molecule has 2 heterocycles. The zero-order valence-corrected chi connectivity index (χ0v) is 15.7. The Kier molecular flexibility index (Phi) is 4.24. The van der Waals surface area contributed by atoms with Crippen LogP contribution in [0.4, 0.5) is 0 Å². The molecule has 0 bridgehead atoms. The van der Waals surface area contributed by atoms with Crippen molar-refractivity contribution in [1.29, 1.82) is 0 Å². The van der Waals surface area contributed by atoms with Crippen molar-refractivity contribution in [2.75, 3.05) is 5.75 Å². The second-order valence-electron chi connectivity index (χ2n) is 6.41. The largest absolute Gasteiger partial charge is 0.448 e. The number of hydrogen-bond acceptors (Lipinski definition) is 5. The molecule has 4 aromatic rings. The molecule has 0 unspecified atom stereocenters. The van der Waals surface area contributed by atoms with E-state index in [0.717, 1.165) is 28.3 Å². The van der Waals surface area contributed by atoms with E-state index in [-0.39, 0.29) is 16.9 Å². The van der Waals surface area contributed by atoms with Crippen LogP contribution in [0.25, 0.3) is 27.8 Å². The third-order valence-electron chi connectivity index (χ3n) is 4.17. The molecule has 0 atom stereocenters. The quantitative estimate of drug-likeness (QED) is 0.434. The first-order valence-electron chi connectivity index (χ1n) is 8.38. The Morgan fingerprint density at radius 1 is 1.19 bits per heavy atom. The number of fused-ring (bicyclic) bond motifs is 3. The second kappa shape index (κ2) is 6.59. The van der Waals surface area contributed by atoms with Gasteiger partial charge in [0.05, 0.1) is 11.4 Å². The summed E-state index contributed by atoms with van der Waals surface area (Å²) in [5, 5.41) is 1.17. The number of aryl methyl sites for hydroxylation is 2. The second-order valence-corrected chi connectivity index (χ2v) is 7.35. The lowest BCUT2D eigenvalue weighted by molar-refractivity contribution is -0.115. The van der Waals surface area contributed by atoms with Crippen molar-refractivity contribution in [3.63, 3.8) is 0 Å². The molecule has 0 aliphatic rings. The molecule has 0 spiro atoms. The van der Waals surface area contributed by atoms with Gasteiger partial charge in [-0.1, -0.05) is 30.0 Å². The van der Waals surface area contributed by atoms with Crippen molar-refractivity contribution < 1.29 is 9.21 Å². The summed E-state index contributed by atoms with van der Waals surface area (Å²) in [6, 6.07) is 13.2. The van der Waals surface area contributed by atoms with Crippen LogP contribution < -0.4 is 11.3 Å². The Morgan fingerprint density at radius 2 is 1.89 bits per heavy atom. The van der Waals surface area contributed by atoms with Crippen LogP contribution in [0.1, 0.15) is 11.1 Å². The number of benzene rings is 2. The van der Waals surface area contributed by atoms with Crippen LogP contribution in [0.3, 0.4) is 0 Å². The van der Waals surface area contributed by atoms with Crippen LogP contribution in [0, 0.1) is 13.8 Å². The first kappa shape index (κ1) is 17.4. The number of rotatable bonds is 4. The number of furan rings is 1. The number of amides is 1.